The fraction of sp³-hybridized carbons (Fsp3) is 0.448. The summed E-state index contributed by atoms with van der Waals surface area (Å²) in [6, 6.07) is 5.45. The van der Waals surface area contributed by atoms with Gasteiger partial charge in [-0.3, -0.25) is 14.4 Å². The van der Waals surface area contributed by atoms with E-state index in [4.69, 9.17) is 42.1 Å². The Balaban J connectivity index is 2.09. The van der Waals surface area contributed by atoms with Crippen LogP contribution in [0.2, 0.25) is 10.0 Å². The number of nitrogens with zero attached hydrogens (tertiary/aromatic N) is 6. The summed E-state index contributed by atoms with van der Waals surface area (Å²) in [6.45, 7) is 12.7. The third kappa shape index (κ3) is 7.93. The van der Waals surface area contributed by atoms with E-state index in [0.717, 1.165) is 4.68 Å². The maximum Gasteiger partial charge on any atom is 0.510 e. The summed E-state index contributed by atoms with van der Waals surface area (Å²) in [6.07, 6.45) is -4.01. The standard InChI is InChI=1S/C29H32Cl2N6O9/c1-13(2)19-11-23(34-36(25(19)38)17(8)45-29(42)43-15(5)6)46-24-20(30)9-18(10-21(24)31)37-28(41)35(26(39)22(12-32)33-37)16(7)44-27(40)14(3)4/h9-11,13-17H,1-8H3. The first-order valence-electron chi connectivity index (χ1n) is 14.0. The van der Waals surface area contributed by atoms with Gasteiger partial charge in [-0.05, 0) is 45.7 Å². The molecule has 0 aliphatic carbocycles. The van der Waals surface area contributed by atoms with Crippen LogP contribution in [0.15, 0.2) is 32.6 Å². The van der Waals surface area contributed by atoms with Gasteiger partial charge in [0.15, 0.2) is 18.2 Å². The predicted molar refractivity (Wildman–Crippen MR) is 165 cm³/mol. The summed E-state index contributed by atoms with van der Waals surface area (Å²) < 4.78 is 23.5. The first-order chi connectivity index (χ1) is 21.5. The van der Waals surface area contributed by atoms with Crippen LogP contribution in [-0.4, -0.2) is 42.4 Å². The topological polar surface area (TPSA) is 187 Å². The molecular formula is C29H32Cl2N6O9. The molecular weight excluding hydrogens is 647 g/mol. The molecule has 2 atom stereocenters. The van der Waals surface area contributed by atoms with Gasteiger partial charge in [0, 0.05) is 11.6 Å². The van der Waals surface area contributed by atoms with E-state index in [2.05, 4.69) is 10.2 Å². The number of carbonyl (C=O) groups is 2. The molecule has 2 heterocycles. The Morgan fingerprint density at radius 3 is 1.98 bits per heavy atom. The minimum atomic E-state index is -1.37. The van der Waals surface area contributed by atoms with Crippen molar-refractivity contribution in [1.82, 2.24) is 24.1 Å². The van der Waals surface area contributed by atoms with E-state index < -0.39 is 59.1 Å². The van der Waals surface area contributed by atoms with Gasteiger partial charge in [0.1, 0.15) is 6.07 Å². The Hall–Kier alpha value is -4.68. The summed E-state index contributed by atoms with van der Waals surface area (Å²) in [7, 11) is 0. The van der Waals surface area contributed by atoms with E-state index in [1.807, 2.05) is 0 Å². The normalized spacial score (nSPS) is 12.5. The molecule has 0 fully saturated rings. The maximum atomic E-state index is 13.4. The van der Waals surface area contributed by atoms with Crippen LogP contribution in [0, 0.1) is 17.2 Å². The van der Waals surface area contributed by atoms with E-state index >= 15 is 0 Å². The first kappa shape index (κ1) is 35.8. The highest BCUT2D eigenvalue weighted by Gasteiger charge is 2.25. The fourth-order valence-corrected chi connectivity index (χ4v) is 4.45. The van der Waals surface area contributed by atoms with E-state index in [1.165, 1.54) is 32.0 Å². The first-order valence-corrected chi connectivity index (χ1v) is 14.8. The average Bonchev–Trinajstić information content (AvgIpc) is 2.94. The lowest BCUT2D eigenvalue weighted by Crippen LogP contribution is -2.45. The second-order valence-corrected chi connectivity index (χ2v) is 11.7. The van der Waals surface area contributed by atoms with Crippen LogP contribution in [0.5, 0.6) is 11.6 Å². The van der Waals surface area contributed by atoms with Crippen LogP contribution in [0.3, 0.4) is 0 Å². The number of benzene rings is 1. The van der Waals surface area contributed by atoms with Crippen LogP contribution in [0.1, 0.15) is 85.0 Å². The smallest absolute Gasteiger partial charge is 0.441 e. The van der Waals surface area contributed by atoms with Gasteiger partial charge in [0.25, 0.3) is 11.1 Å². The van der Waals surface area contributed by atoms with Gasteiger partial charge >= 0.3 is 17.8 Å². The highest BCUT2D eigenvalue weighted by Crippen LogP contribution is 2.38. The van der Waals surface area contributed by atoms with Crippen molar-refractivity contribution >= 4 is 35.3 Å². The largest absolute Gasteiger partial charge is 0.510 e. The number of ether oxygens (including phenoxy) is 4. The Kier molecular flexibility index (Phi) is 11.4. The third-order valence-electron chi connectivity index (χ3n) is 6.18. The molecule has 17 heteroatoms. The molecule has 0 bridgehead atoms. The van der Waals surface area contributed by atoms with Crippen molar-refractivity contribution in [2.75, 3.05) is 0 Å². The molecule has 0 saturated heterocycles. The van der Waals surface area contributed by atoms with Gasteiger partial charge in [-0.2, -0.15) is 14.6 Å². The van der Waals surface area contributed by atoms with Crippen LogP contribution < -0.4 is 21.5 Å². The van der Waals surface area contributed by atoms with Crippen molar-refractivity contribution in [2.24, 2.45) is 5.92 Å². The molecule has 0 spiro atoms. The Morgan fingerprint density at radius 2 is 1.46 bits per heavy atom. The number of halogens is 2. The van der Waals surface area contributed by atoms with Crippen molar-refractivity contribution < 1.29 is 28.5 Å². The van der Waals surface area contributed by atoms with E-state index in [9.17, 15) is 29.2 Å². The van der Waals surface area contributed by atoms with Gasteiger partial charge in [0.05, 0.1) is 27.8 Å². The lowest BCUT2D eigenvalue weighted by atomic mass is 10.1. The molecule has 15 nitrogen and oxygen atoms in total. The molecule has 0 amide bonds. The number of hydrogen-bond donors (Lipinski definition) is 0. The van der Waals surface area contributed by atoms with Gasteiger partial charge in [-0.1, -0.05) is 50.9 Å². The Labute approximate surface area is 272 Å². The minimum absolute atomic E-state index is 0.0635. The van der Waals surface area contributed by atoms with Gasteiger partial charge in [-0.15, -0.1) is 10.2 Å². The van der Waals surface area contributed by atoms with Crippen LogP contribution >= 0.6 is 23.2 Å². The zero-order chi connectivity index (χ0) is 34.6. The number of esters is 1. The zero-order valence-corrected chi connectivity index (χ0v) is 27.7. The van der Waals surface area contributed by atoms with Crippen LogP contribution in [0.4, 0.5) is 4.79 Å². The van der Waals surface area contributed by atoms with Crippen LogP contribution in [-0.2, 0) is 19.0 Å². The number of nitriles is 1. The van der Waals surface area contributed by atoms with Crippen molar-refractivity contribution in [2.45, 2.75) is 79.9 Å². The van der Waals surface area contributed by atoms with E-state index in [1.54, 1.807) is 47.6 Å². The second-order valence-electron chi connectivity index (χ2n) is 10.8. The maximum absolute atomic E-state index is 13.4. The SMILES string of the molecule is CC(C)OC(=O)OC(C)n1nc(Oc2c(Cl)cc(-n3nc(C#N)c(=O)n(C(C)OC(=O)C(C)C)c3=O)cc2Cl)cc(C(C)C)c1=O. The number of carbonyl (C=O) groups excluding carboxylic acids is 2. The molecule has 0 saturated carbocycles. The van der Waals surface area contributed by atoms with Gasteiger partial charge in [-0.25, -0.2) is 14.2 Å². The molecule has 46 heavy (non-hydrogen) atoms. The summed E-state index contributed by atoms with van der Waals surface area (Å²) in [5.41, 5.74) is -3.11. The summed E-state index contributed by atoms with van der Waals surface area (Å²) in [5, 5.41) is 17.2. The summed E-state index contributed by atoms with van der Waals surface area (Å²) >= 11 is 13.0. The second kappa shape index (κ2) is 14.6. The van der Waals surface area contributed by atoms with Crippen molar-refractivity contribution in [3.8, 4) is 23.4 Å². The molecule has 1 aromatic carbocycles. The summed E-state index contributed by atoms with van der Waals surface area (Å²) in [5.74, 6) is -1.79. The average molecular weight is 680 g/mol. The molecule has 0 radical (unpaired) electrons. The molecule has 2 unspecified atom stereocenters. The monoisotopic (exact) mass is 678 g/mol. The molecule has 0 N–H and O–H groups in total. The van der Waals surface area contributed by atoms with Crippen molar-refractivity contribution in [1.29, 1.82) is 5.26 Å². The molecule has 0 aliphatic rings. The summed E-state index contributed by atoms with van der Waals surface area (Å²) in [4.78, 5) is 63.5. The van der Waals surface area contributed by atoms with Gasteiger partial charge in [0.2, 0.25) is 11.6 Å². The molecule has 2 aromatic heterocycles. The zero-order valence-electron chi connectivity index (χ0n) is 26.2. The van der Waals surface area contributed by atoms with Crippen molar-refractivity contribution in [3.63, 3.8) is 0 Å². The molecule has 0 aliphatic heterocycles. The molecule has 3 aromatic rings. The highest BCUT2D eigenvalue weighted by atomic mass is 35.5. The Bertz CT molecular complexity index is 1850. The lowest BCUT2D eigenvalue weighted by molar-refractivity contribution is -0.156. The van der Waals surface area contributed by atoms with E-state index in [0.29, 0.717) is 9.25 Å². The molecule has 246 valence electrons. The van der Waals surface area contributed by atoms with E-state index in [-0.39, 0.29) is 38.8 Å². The number of hydrogen-bond acceptors (Lipinski definition) is 12. The van der Waals surface area contributed by atoms with Gasteiger partial charge < -0.3 is 18.9 Å². The lowest BCUT2D eigenvalue weighted by Gasteiger charge is -2.19. The van der Waals surface area contributed by atoms with Crippen molar-refractivity contribution in [3.05, 3.63) is 70.7 Å². The minimum Gasteiger partial charge on any atom is -0.441 e. The predicted octanol–water partition coefficient (Wildman–Crippen LogP) is 4.84. The quantitative estimate of drug-likeness (QED) is 0.266. The highest BCUT2D eigenvalue weighted by molar-refractivity contribution is 6.37. The molecule has 3 rings (SSSR count). The number of rotatable bonds is 10. The fourth-order valence-electron chi connectivity index (χ4n) is 3.90. The third-order valence-corrected chi connectivity index (χ3v) is 6.74. The van der Waals surface area contributed by atoms with Crippen LogP contribution in [0.25, 0.3) is 5.69 Å². The number of aromatic nitrogens is 5. The Morgan fingerprint density at radius 1 is 0.848 bits per heavy atom.